The van der Waals surface area contributed by atoms with Crippen molar-refractivity contribution in [2.24, 2.45) is 20.5 Å². The Bertz CT molecular complexity index is 2970. The number of fused-ring (bicyclic) bond motifs is 2. The van der Waals surface area contributed by atoms with E-state index in [9.17, 15) is 62.1 Å². The van der Waals surface area contributed by atoms with Gasteiger partial charge in [-0.05, 0) is 71.8 Å². The molecule has 0 atom stereocenters. The van der Waals surface area contributed by atoms with Crippen molar-refractivity contribution in [1.82, 2.24) is 9.97 Å². The summed E-state index contributed by atoms with van der Waals surface area (Å²) in [6, 6.07) is 13.2. The average Bonchev–Trinajstić information content (AvgIpc) is 3.12. The standard InChI is InChI=1S/C32H22N6O14S4.Na.Zn/c39-31-23(15-27(55(47,48)49)21-3-1-11-33-29(21)31)37-35-19-9-7-17(25(13-19)53(41,42)43)5-6-18-8-10-20(14-26(18)54(44,45)46)36-38-24-16-28(56(50,51)52)22-4-2-12-34-30(22)32(24)40;;/h1-16,39-40H,(H,41,42,43)(H,44,45,46)(H,47,48,49)(H,50,51,52);;/q;+1;+2/b6-5+,37-35?,38-36?;;. The fourth-order valence-electron chi connectivity index (χ4n) is 5.24. The minimum absolute atomic E-state index is 0. The Hall–Kier alpha value is -4.50. The molecular formula is C32H22N6NaO14S4Zn+3. The summed E-state index contributed by atoms with van der Waals surface area (Å²) in [7, 11) is -19.7. The third kappa shape index (κ3) is 10.0. The van der Waals surface area contributed by atoms with E-state index in [1.807, 2.05) is 0 Å². The van der Waals surface area contributed by atoms with E-state index in [1.165, 1.54) is 48.8 Å². The van der Waals surface area contributed by atoms with Crippen molar-refractivity contribution in [3.8, 4) is 11.5 Å². The van der Waals surface area contributed by atoms with Crippen molar-refractivity contribution in [3.05, 3.63) is 96.3 Å². The van der Waals surface area contributed by atoms with Crippen molar-refractivity contribution in [2.45, 2.75) is 19.6 Å². The monoisotopic (exact) mass is 929 g/mol. The maximum Gasteiger partial charge on any atom is 2.00 e. The second-order valence-electron chi connectivity index (χ2n) is 11.4. The summed E-state index contributed by atoms with van der Waals surface area (Å²) in [6.07, 6.45) is 4.60. The minimum atomic E-state index is -5.01. The molecule has 26 heteroatoms. The summed E-state index contributed by atoms with van der Waals surface area (Å²) in [5.74, 6) is -1.24. The molecule has 0 saturated carbocycles. The molecule has 0 unspecified atom stereocenters. The second kappa shape index (κ2) is 17.4. The number of benzene rings is 4. The fourth-order valence-corrected chi connectivity index (χ4v) is 8.06. The van der Waals surface area contributed by atoms with E-state index in [4.69, 9.17) is 0 Å². The van der Waals surface area contributed by atoms with Gasteiger partial charge in [-0.25, -0.2) is 0 Å². The van der Waals surface area contributed by atoms with Gasteiger partial charge in [0.1, 0.15) is 42.0 Å². The van der Waals surface area contributed by atoms with Gasteiger partial charge in [0.25, 0.3) is 40.5 Å². The van der Waals surface area contributed by atoms with Crippen LogP contribution in [0.1, 0.15) is 11.1 Å². The summed E-state index contributed by atoms with van der Waals surface area (Å²) in [5, 5.41) is 36.1. The van der Waals surface area contributed by atoms with Gasteiger partial charge in [-0.2, -0.15) is 43.9 Å². The molecule has 0 aliphatic heterocycles. The van der Waals surface area contributed by atoms with Gasteiger partial charge in [-0.3, -0.25) is 28.2 Å². The number of nitrogens with zero attached hydrogens (tertiary/aromatic N) is 6. The first kappa shape index (κ1) is 46.2. The van der Waals surface area contributed by atoms with Gasteiger partial charge in [0, 0.05) is 23.2 Å². The molecule has 0 fully saturated rings. The fraction of sp³-hybridized carbons (Fsp3) is 0. The van der Waals surface area contributed by atoms with Crippen LogP contribution >= 0.6 is 0 Å². The van der Waals surface area contributed by atoms with Crippen LogP contribution in [0.15, 0.2) is 125 Å². The molecule has 6 aromatic rings. The van der Waals surface area contributed by atoms with Crippen molar-refractivity contribution in [2.75, 3.05) is 0 Å². The molecule has 2 heterocycles. The Kier molecular flexibility index (Phi) is 13.8. The van der Waals surface area contributed by atoms with Crippen molar-refractivity contribution >= 4 is 97.2 Å². The predicted molar refractivity (Wildman–Crippen MR) is 196 cm³/mol. The molecule has 4 aromatic carbocycles. The third-order valence-electron chi connectivity index (χ3n) is 7.71. The van der Waals surface area contributed by atoms with E-state index in [0.717, 1.165) is 48.6 Å². The molecule has 0 aliphatic rings. The van der Waals surface area contributed by atoms with Gasteiger partial charge in [-0.1, -0.05) is 24.3 Å². The molecule has 0 saturated heterocycles. The van der Waals surface area contributed by atoms with Crippen LogP contribution in [0, 0.1) is 0 Å². The van der Waals surface area contributed by atoms with Crippen molar-refractivity contribution in [1.29, 1.82) is 0 Å². The molecule has 58 heavy (non-hydrogen) atoms. The van der Waals surface area contributed by atoms with E-state index in [2.05, 4.69) is 30.4 Å². The number of hydrogen-bond donors (Lipinski definition) is 6. The first-order chi connectivity index (χ1) is 26.1. The summed E-state index contributed by atoms with van der Waals surface area (Å²) in [6.45, 7) is 0. The maximum absolute atomic E-state index is 12.4. The number of phenolic OH excluding ortho intramolecular Hbond substituents is 2. The van der Waals surface area contributed by atoms with Gasteiger partial charge in [0.05, 0.1) is 11.4 Å². The quantitative estimate of drug-likeness (QED) is 0.0497. The van der Waals surface area contributed by atoms with E-state index in [-0.39, 0.29) is 93.3 Å². The van der Waals surface area contributed by atoms with Crippen LogP contribution in [-0.4, -0.2) is 72.1 Å². The Morgan fingerprint density at radius 2 is 0.828 bits per heavy atom. The minimum Gasteiger partial charge on any atom is -0.504 e. The Balaban J connectivity index is 0.00000372. The number of azo groups is 2. The molecule has 0 aliphatic carbocycles. The van der Waals surface area contributed by atoms with Crippen LogP contribution in [0.25, 0.3) is 34.0 Å². The first-order valence-electron chi connectivity index (χ1n) is 15.0. The molecule has 0 bridgehead atoms. The Labute approximate surface area is 363 Å². The van der Waals surface area contributed by atoms with Gasteiger partial charge in [0.2, 0.25) is 0 Å². The van der Waals surface area contributed by atoms with Crippen LogP contribution < -0.4 is 29.6 Å². The van der Waals surface area contributed by atoms with Crippen molar-refractivity contribution in [3.63, 3.8) is 0 Å². The molecule has 6 N–H and O–H groups in total. The Morgan fingerprint density at radius 1 is 0.483 bits per heavy atom. The van der Waals surface area contributed by atoms with Gasteiger partial charge in [0.15, 0.2) is 11.5 Å². The summed E-state index contributed by atoms with van der Waals surface area (Å²) < 4.78 is 137. The number of rotatable bonds is 10. The SMILES string of the molecule is O=S(=O)(O)c1cc(N=Nc2cc(S(=O)(=O)O)c3cccnc3c2O)ccc1/C=C/c1ccc(N=Nc2cc(S(=O)(=O)O)c3cccnc3c2O)cc1S(=O)(=O)O.[Na+].[Zn+2]. The van der Waals surface area contributed by atoms with Gasteiger partial charge >= 0.3 is 49.0 Å². The van der Waals surface area contributed by atoms with E-state index < -0.39 is 82.9 Å². The van der Waals surface area contributed by atoms with Crippen LogP contribution in [-0.2, 0) is 60.0 Å². The molecule has 20 nitrogen and oxygen atoms in total. The number of phenols is 2. The van der Waals surface area contributed by atoms with Gasteiger partial charge in [-0.15, -0.1) is 10.2 Å². The molecule has 0 spiro atoms. The Morgan fingerprint density at radius 3 is 1.16 bits per heavy atom. The third-order valence-corrected chi connectivity index (χ3v) is 11.3. The number of aromatic hydroxyl groups is 2. The summed E-state index contributed by atoms with van der Waals surface area (Å²) in [4.78, 5) is 4.97. The van der Waals surface area contributed by atoms with Gasteiger partial charge < -0.3 is 10.2 Å². The largest absolute Gasteiger partial charge is 2.00 e. The smallest absolute Gasteiger partial charge is 0.504 e. The van der Waals surface area contributed by atoms with Crippen LogP contribution in [0.2, 0.25) is 0 Å². The average molecular weight is 931 g/mol. The molecule has 6 rings (SSSR count). The topological polar surface area (TPSA) is 333 Å². The number of pyridine rings is 2. The predicted octanol–water partition coefficient (Wildman–Crippen LogP) is 3.18. The summed E-state index contributed by atoms with van der Waals surface area (Å²) in [5.41, 5.74) is -2.37. The van der Waals surface area contributed by atoms with Crippen LogP contribution in [0.4, 0.5) is 22.7 Å². The van der Waals surface area contributed by atoms with Crippen molar-refractivity contribution < 1.29 is 111 Å². The molecule has 288 valence electrons. The maximum atomic E-state index is 12.4. The van der Waals surface area contributed by atoms with Crippen LogP contribution in [0.3, 0.4) is 0 Å². The molecule has 0 radical (unpaired) electrons. The van der Waals surface area contributed by atoms with E-state index >= 15 is 0 Å². The zero-order valence-corrected chi connectivity index (χ0v) is 37.4. The summed E-state index contributed by atoms with van der Waals surface area (Å²) >= 11 is 0. The zero-order chi connectivity index (χ0) is 40.8. The number of aromatic nitrogens is 2. The molecule has 0 amide bonds. The normalized spacial score (nSPS) is 12.7. The first-order valence-corrected chi connectivity index (χ1v) is 20.8. The van der Waals surface area contributed by atoms with Crippen LogP contribution in [0.5, 0.6) is 11.5 Å². The second-order valence-corrected chi connectivity index (χ2v) is 16.9. The van der Waals surface area contributed by atoms with E-state index in [0.29, 0.717) is 0 Å². The van der Waals surface area contributed by atoms with E-state index in [1.54, 1.807) is 0 Å². The molecule has 2 aromatic heterocycles. The molecular weight excluding hydrogens is 909 g/mol. The zero-order valence-electron chi connectivity index (χ0n) is 29.2. The number of hydrogen-bond acceptors (Lipinski definition) is 16.